The summed E-state index contributed by atoms with van der Waals surface area (Å²) in [5.74, 6) is -0.608. The highest BCUT2D eigenvalue weighted by Crippen LogP contribution is 2.28. The largest absolute Gasteiger partial charge is 0.453 e. The van der Waals surface area contributed by atoms with Crippen LogP contribution in [0, 0.1) is 0 Å². The zero-order valence-corrected chi connectivity index (χ0v) is 11.6. The van der Waals surface area contributed by atoms with Crippen molar-refractivity contribution in [1.82, 2.24) is 25.1 Å². The normalized spacial score (nSPS) is 23.8. The minimum absolute atomic E-state index is 0.0851. The van der Waals surface area contributed by atoms with Crippen LogP contribution in [0.5, 0.6) is 0 Å². The van der Waals surface area contributed by atoms with Crippen molar-refractivity contribution in [2.75, 3.05) is 18.0 Å². The van der Waals surface area contributed by atoms with E-state index in [1.165, 1.54) is 6.07 Å². The number of rotatable bonds is 1. The Morgan fingerprint density at radius 3 is 2.71 bits per heavy atom. The fraction of sp³-hybridized carbons (Fsp3) is 0.583. The van der Waals surface area contributed by atoms with Crippen LogP contribution >= 0.6 is 0 Å². The topological polar surface area (TPSA) is 58.4 Å². The van der Waals surface area contributed by atoms with Gasteiger partial charge in [-0.1, -0.05) is 0 Å². The molecule has 0 spiro atoms. The molecule has 1 aliphatic rings. The molecule has 1 aliphatic heterocycles. The lowest BCUT2D eigenvalue weighted by Gasteiger charge is -2.38. The van der Waals surface area contributed by atoms with Gasteiger partial charge in [0, 0.05) is 25.2 Å². The number of piperazine rings is 1. The van der Waals surface area contributed by atoms with E-state index in [2.05, 4.69) is 20.6 Å². The SMILES string of the molecule is C[C@@H]1CN(c2ccc3nnc(C(F)(F)F)n3n2)[C@@H](C)CN1. The van der Waals surface area contributed by atoms with Crippen LogP contribution < -0.4 is 10.2 Å². The summed E-state index contributed by atoms with van der Waals surface area (Å²) in [5.41, 5.74) is 0.0851. The van der Waals surface area contributed by atoms with Gasteiger partial charge in [0.2, 0.25) is 0 Å². The number of hydrogen-bond acceptors (Lipinski definition) is 5. The summed E-state index contributed by atoms with van der Waals surface area (Å²) < 4.78 is 39.4. The maximum absolute atomic E-state index is 12.9. The zero-order valence-electron chi connectivity index (χ0n) is 11.6. The molecule has 3 heterocycles. The molecule has 1 N–H and O–H groups in total. The average Bonchev–Trinajstić information content (AvgIpc) is 2.84. The Hall–Kier alpha value is -1.90. The number of nitrogens with zero attached hydrogens (tertiary/aromatic N) is 5. The highest BCUT2D eigenvalue weighted by atomic mass is 19.4. The van der Waals surface area contributed by atoms with Gasteiger partial charge in [-0.3, -0.25) is 0 Å². The lowest BCUT2D eigenvalue weighted by molar-refractivity contribution is -0.146. The van der Waals surface area contributed by atoms with Crippen molar-refractivity contribution in [3.63, 3.8) is 0 Å². The summed E-state index contributed by atoms with van der Waals surface area (Å²) in [6, 6.07) is 3.58. The smallest absolute Gasteiger partial charge is 0.350 e. The lowest BCUT2D eigenvalue weighted by atomic mass is 10.1. The van der Waals surface area contributed by atoms with E-state index in [0.29, 0.717) is 12.4 Å². The molecule has 0 unspecified atom stereocenters. The molecule has 21 heavy (non-hydrogen) atoms. The first-order chi connectivity index (χ1) is 9.86. The highest BCUT2D eigenvalue weighted by molar-refractivity contribution is 5.47. The van der Waals surface area contributed by atoms with Crippen LogP contribution in [-0.2, 0) is 6.18 Å². The fourth-order valence-corrected chi connectivity index (χ4v) is 2.45. The zero-order chi connectivity index (χ0) is 15.2. The molecule has 114 valence electrons. The van der Waals surface area contributed by atoms with E-state index in [1.54, 1.807) is 6.07 Å². The number of hydrogen-bond donors (Lipinski definition) is 1. The first kappa shape index (κ1) is 14.1. The maximum atomic E-state index is 12.9. The minimum Gasteiger partial charge on any atom is -0.350 e. The third kappa shape index (κ3) is 2.53. The van der Waals surface area contributed by atoms with Crippen molar-refractivity contribution in [3.8, 4) is 0 Å². The molecule has 0 aromatic carbocycles. The van der Waals surface area contributed by atoms with Crippen LogP contribution in [0.2, 0.25) is 0 Å². The van der Waals surface area contributed by atoms with Crippen LogP contribution in [-0.4, -0.2) is 45.0 Å². The minimum atomic E-state index is -4.58. The number of nitrogens with one attached hydrogen (secondary N) is 1. The molecule has 0 saturated carbocycles. The molecule has 9 heteroatoms. The van der Waals surface area contributed by atoms with Gasteiger partial charge in [-0.25, -0.2) is 0 Å². The molecule has 2 aromatic heterocycles. The van der Waals surface area contributed by atoms with Crippen molar-refractivity contribution >= 4 is 11.5 Å². The van der Waals surface area contributed by atoms with Crippen LogP contribution in [0.4, 0.5) is 19.0 Å². The molecule has 1 saturated heterocycles. The van der Waals surface area contributed by atoms with Crippen LogP contribution in [0.15, 0.2) is 12.1 Å². The summed E-state index contributed by atoms with van der Waals surface area (Å²) in [5, 5.41) is 14.1. The van der Waals surface area contributed by atoms with E-state index in [4.69, 9.17) is 0 Å². The second-order valence-corrected chi connectivity index (χ2v) is 5.29. The first-order valence-corrected chi connectivity index (χ1v) is 6.66. The van der Waals surface area contributed by atoms with Gasteiger partial charge >= 0.3 is 6.18 Å². The van der Waals surface area contributed by atoms with E-state index in [9.17, 15) is 13.2 Å². The van der Waals surface area contributed by atoms with Gasteiger partial charge in [0.1, 0.15) is 5.82 Å². The summed E-state index contributed by atoms with van der Waals surface area (Å²) >= 11 is 0. The number of halogens is 3. The number of fused-ring (bicyclic) bond motifs is 1. The van der Waals surface area contributed by atoms with Crippen LogP contribution in [0.3, 0.4) is 0 Å². The molecule has 0 bridgehead atoms. The van der Waals surface area contributed by atoms with Gasteiger partial charge in [-0.2, -0.15) is 17.7 Å². The van der Waals surface area contributed by atoms with E-state index >= 15 is 0 Å². The Morgan fingerprint density at radius 1 is 1.24 bits per heavy atom. The van der Waals surface area contributed by atoms with Crippen molar-refractivity contribution in [3.05, 3.63) is 18.0 Å². The van der Waals surface area contributed by atoms with Crippen LogP contribution in [0.25, 0.3) is 5.65 Å². The summed E-state index contributed by atoms with van der Waals surface area (Å²) in [7, 11) is 0. The van der Waals surface area contributed by atoms with Gasteiger partial charge < -0.3 is 10.2 Å². The monoisotopic (exact) mass is 300 g/mol. The second-order valence-electron chi connectivity index (χ2n) is 5.29. The Morgan fingerprint density at radius 2 is 2.00 bits per heavy atom. The predicted molar refractivity (Wildman–Crippen MR) is 70.1 cm³/mol. The fourth-order valence-electron chi connectivity index (χ4n) is 2.45. The Labute approximate surface area is 119 Å². The molecule has 1 fully saturated rings. The second kappa shape index (κ2) is 4.83. The number of aromatic nitrogens is 4. The Kier molecular flexibility index (Phi) is 3.23. The van der Waals surface area contributed by atoms with Gasteiger partial charge in [0.15, 0.2) is 5.65 Å². The van der Waals surface area contributed by atoms with E-state index in [0.717, 1.165) is 11.1 Å². The van der Waals surface area contributed by atoms with Crippen LogP contribution in [0.1, 0.15) is 19.7 Å². The molecule has 0 aliphatic carbocycles. The Bertz CT molecular complexity index is 652. The van der Waals surface area contributed by atoms with Crippen molar-refractivity contribution in [1.29, 1.82) is 0 Å². The van der Waals surface area contributed by atoms with Crippen molar-refractivity contribution in [2.24, 2.45) is 0 Å². The molecular weight excluding hydrogens is 285 g/mol. The van der Waals surface area contributed by atoms with E-state index in [1.807, 2.05) is 18.7 Å². The summed E-state index contributed by atoms with van der Waals surface area (Å²) in [4.78, 5) is 1.99. The lowest BCUT2D eigenvalue weighted by Crippen LogP contribution is -2.54. The quantitative estimate of drug-likeness (QED) is 0.861. The molecule has 2 atom stereocenters. The number of anilines is 1. The van der Waals surface area contributed by atoms with Gasteiger partial charge in [-0.05, 0) is 26.0 Å². The van der Waals surface area contributed by atoms with Crippen molar-refractivity contribution in [2.45, 2.75) is 32.1 Å². The molecule has 6 nitrogen and oxygen atoms in total. The van der Waals surface area contributed by atoms with E-state index < -0.39 is 12.0 Å². The van der Waals surface area contributed by atoms with Gasteiger partial charge in [0.05, 0.1) is 0 Å². The van der Waals surface area contributed by atoms with Crippen molar-refractivity contribution < 1.29 is 13.2 Å². The molecule has 2 aromatic rings. The summed E-state index contributed by atoms with van der Waals surface area (Å²) in [6.45, 7) is 5.47. The molecule has 0 amide bonds. The average molecular weight is 300 g/mol. The van der Waals surface area contributed by atoms with E-state index in [-0.39, 0.29) is 17.7 Å². The number of alkyl halides is 3. The third-order valence-corrected chi connectivity index (χ3v) is 3.56. The maximum Gasteiger partial charge on any atom is 0.453 e. The highest BCUT2D eigenvalue weighted by Gasteiger charge is 2.38. The Balaban J connectivity index is 2.04. The van der Waals surface area contributed by atoms with Gasteiger partial charge in [0.25, 0.3) is 5.82 Å². The van der Waals surface area contributed by atoms with Gasteiger partial charge in [-0.15, -0.1) is 15.3 Å². The molecule has 0 radical (unpaired) electrons. The predicted octanol–water partition coefficient (Wildman–Crippen LogP) is 1.33. The third-order valence-electron chi connectivity index (χ3n) is 3.56. The molecular formula is C12H15F3N6. The molecule has 3 rings (SSSR count). The summed E-state index contributed by atoms with van der Waals surface area (Å²) in [6.07, 6.45) is -4.58. The first-order valence-electron chi connectivity index (χ1n) is 6.66. The standard InChI is InChI=1S/C12H15F3N6/c1-7-6-20(8(2)5-16-7)10-4-3-9-17-18-11(12(13,14)15)21(9)19-10/h3-4,7-8,16H,5-6H2,1-2H3/t7-,8+/m1/s1.